The van der Waals surface area contributed by atoms with Crippen LogP contribution in [0.4, 0.5) is 0 Å². The maximum Gasteiger partial charge on any atom is 0.348 e. The Kier molecular flexibility index (Phi) is 6.40. The second-order valence-electron chi connectivity index (χ2n) is 4.93. The van der Waals surface area contributed by atoms with Crippen molar-refractivity contribution in [1.82, 2.24) is 4.90 Å². The van der Waals surface area contributed by atoms with Crippen LogP contribution < -0.4 is 0 Å². The molecule has 0 atom stereocenters. The third-order valence-corrected chi connectivity index (χ3v) is 3.44. The molecule has 1 aliphatic rings. The van der Waals surface area contributed by atoms with Crippen LogP contribution in [0.15, 0.2) is 48.1 Å². The number of hydrogen-bond donors (Lipinski definition) is 0. The standard InChI is InChI=1S/C18H20N2O3/c1-2-23-18(21)16(14-19)8-9-17(15-6-4-3-5-7-15)20-10-12-22-13-11-20/h3-9H,2,10-13H2,1H3. The summed E-state index contributed by atoms with van der Waals surface area (Å²) >= 11 is 0. The van der Waals surface area contributed by atoms with E-state index in [1.54, 1.807) is 13.0 Å². The minimum Gasteiger partial charge on any atom is -0.462 e. The average Bonchev–Trinajstić information content (AvgIpc) is 2.60. The van der Waals surface area contributed by atoms with Crippen LogP contribution in [0.1, 0.15) is 12.5 Å². The van der Waals surface area contributed by atoms with Gasteiger partial charge < -0.3 is 14.4 Å². The molecule has 0 radical (unpaired) electrons. The van der Waals surface area contributed by atoms with Gasteiger partial charge in [-0.25, -0.2) is 4.79 Å². The van der Waals surface area contributed by atoms with Crippen LogP contribution in [0.25, 0.3) is 5.70 Å². The van der Waals surface area contributed by atoms with E-state index in [0.29, 0.717) is 13.2 Å². The largest absolute Gasteiger partial charge is 0.462 e. The summed E-state index contributed by atoms with van der Waals surface area (Å²) in [5.74, 6) is -0.597. The number of ether oxygens (including phenoxy) is 2. The molecule has 1 fully saturated rings. The smallest absolute Gasteiger partial charge is 0.348 e. The van der Waals surface area contributed by atoms with E-state index in [0.717, 1.165) is 24.4 Å². The van der Waals surface area contributed by atoms with E-state index in [2.05, 4.69) is 4.90 Å². The molecule has 0 aliphatic carbocycles. The number of esters is 1. The molecule has 1 aliphatic heterocycles. The molecule has 2 rings (SSSR count). The van der Waals surface area contributed by atoms with Gasteiger partial charge in [0.15, 0.2) is 0 Å². The van der Waals surface area contributed by atoms with Gasteiger partial charge >= 0.3 is 5.97 Å². The van der Waals surface area contributed by atoms with Crippen LogP contribution in [0.5, 0.6) is 0 Å². The molecule has 1 aromatic rings. The summed E-state index contributed by atoms with van der Waals surface area (Å²) in [6.45, 7) is 4.84. The average molecular weight is 312 g/mol. The van der Waals surface area contributed by atoms with Crippen LogP contribution in [0, 0.1) is 11.3 Å². The molecule has 0 saturated carbocycles. The van der Waals surface area contributed by atoms with E-state index in [-0.39, 0.29) is 12.2 Å². The summed E-state index contributed by atoms with van der Waals surface area (Å²) in [6.07, 6.45) is 3.33. The SMILES string of the molecule is CCOC(=O)C(C#N)=CC=C(c1ccccc1)N1CCOCC1. The van der Waals surface area contributed by atoms with Crippen molar-refractivity contribution in [2.24, 2.45) is 0 Å². The fourth-order valence-corrected chi connectivity index (χ4v) is 2.32. The summed E-state index contributed by atoms with van der Waals surface area (Å²) in [6, 6.07) is 11.8. The third-order valence-electron chi connectivity index (χ3n) is 3.44. The van der Waals surface area contributed by atoms with Crippen LogP contribution in [0.2, 0.25) is 0 Å². The van der Waals surface area contributed by atoms with Gasteiger partial charge in [0.1, 0.15) is 11.6 Å². The number of carbonyl (C=O) groups excluding carboxylic acids is 1. The maximum absolute atomic E-state index is 11.7. The van der Waals surface area contributed by atoms with Crippen LogP contribution in [-0.2, 0) is 14.3 Å². The molecular weight excluding hydrogens is 292 g/mol. The predicted octanol–water partition coefficient (Wildman–Crippen LogP) is 2.37. The molecule has 0 N–H and O–H groups in total. The number of nitrogens with zero attached hydrogens (tertiary/aromatic N) is 2. The Balaban J connectivity index is 2.32. The van der Waals surface area contributed by atoms with E-state index in [9.17, 15) is 4.79 Å². The molecule has 23 heavy (non-hydrogen) atoms. The Bertz CT molecular complexity index is 623. The Labute approximate surface area is 136 Å². The van der Waals surface area contributed by atoms with Gasteiger partial charge in [0.2, 0.25) is 0 Å². The minimum absolute atomic E-state index is 0.00598. The van der Waals surface area contributed by atoms with Crippen LogP contribution in [-0.4, -0.2) is 43.8 Å². The second kappa shape index (κ2) is 8.76. The van der Waals surface area contributed by atoms with E-state index < -0.39 is 5.97 Å². The molecule has 0 spiro atoms. The number of rotatable bonds is 5. The first-order valence-corrected chi connectivity index (χ1v) is 7.63. The van der Waals surface area contributed by atoms with Crippen molar-refractivity contribution in [2.45, 2.75) is 6.92 Å². The zero-order valence-corrected chi connectivity index (χ0v) is 13.2. The zero-order valence-electron chi connectivity index (χ0n) is 13.2. The summed E-state index contributed by atoms with van der Waals surface area (Å²) in [5, 5.41) is 9.13. The number of carbonyl (C=O) groups is 1. The highest BCUT2D eigenvalue weighted by Gasteiger charge is 2.15. The van der Waals surface area contributed by atoms with Gasteiger partial charge in [0, 0.05) is 18.8 Å². The zero-order chi connectivity index (χ0) is 16.5. The van der Waals surface area contributed by atoms with E-state index in [1.165, 1.54) is 6.08 Å². The van der Waals surface area contributed by atoms with Crippen molar-refractivity contribution in [2.75, 3.05) is 32.9 Å². The van der Waals surface area contributed by atoms with Crippen molar-refractivity contribution in [3.8, 4) is 6.07 Å². The topological polar surface area (TPSA) is 62.6 Å². The fourth-order valence-electron chi connectivity index (χ4n) is 2.32. The summed E-state index contributed by atoms with van der Waals surface area (Å²) in [5.41, 5.74) is 1.99. The van der Waals surface area contributed by atoms with Crippen molar-refractivity contribution < 1.29 is 14.3 Å². The van der Waals surface area contributed by atoms with E-state index in [4.69, 9.17) is 14.7 Å². The second-order valence-corrected chi connectivity index (χ2v) is 4.93. The number of benzene rings is 1. The van der Waals surface area contributed by atoms with Gasteiger partial charge in [0.05, 0.1) is 19.8 Å². The lowest BCUT2D eigenvalue weighted by Gasteiger charge is -2.31. The summed E-state index contributed by atoms with van der Waals surface area (Å²) < 4.78 is 10.3. The van der Waals surface area contributed by atoms with Gasteiger partial charge in [-0.3, -0.25) is 0 Å². The Morgan fingerprint density at radius 1 is 1.30 bits per heavy atom. The summed E-state index contributed by atoms with van der Waals surface area (Å²) in [7, 11) is 0. The normalized spacial score (nSPS) is 15.9. The molecule has 0 amide bonds. The molecule has 1 heterocycles. The van der Waals surface area contributed by atoms with Crippen LogP contribution in [0.3, 0.4) is 0 Å². The molecule has 1 aromatic carbocycles. The van der Waals surface area contributed by atoms with Crippen LogP contribution >= 0.6 is 0 Å². The maximum atomic E-state index is 11.7. The van der Waals surface area contributed by atoms with E-state index in [1.807, 2.05) is 36.4 Å². The lowest BCUT2D eigenvalue weighted by atomic mass is 10.1. The molecular formula is C18H20N2O3. The van der Waals surface area contributed by atoms with Gasteiger partial charge in [-0.05, 0) is 24.6 Å². The van der Waals surface area contributed by atoms with Crippen molar-refractivity contribution in [3.05, 3.63) is 53.6 Å². The molecule has 5 heteroatoms. The quantitative estimate of drug-likeness (QED) is 0.361. The van der Waals surface area contributed by atoms with Gasteiger partial charge in [-0.2, -0.15) is 5.26 Å². The Morgan fingerprint density at radius 3 is 2.61 bits per heavy atom. The monoisotopic (exact) mass is 312 g/mol. The molecule has 1 saturated heterocycles. The highest BCUT2D eigenvalue weighted by molar-refractivity contribution is 5.93. The molecule has 0 bridgehead atoms. The van der Waals surface area contributed by atoms with Crippen molar-refractivity contribution in [1.29, 1.82) is 5.26 Å². The highest BCUT2D eigenvalue weighted by Crippen LogP contribution is 2.21. The van der Waals surface area contributed by atoms with Gasteiger partial charge in [-0.15, -0.1) is 0 Å². The predicted molar refractivity (Wildman–Crippen MR) is 87.1 cm³/mol. The minimum atomic E-state index is -0.597. The number of hydrogen-bond acceptors (Lipinski definition) is 5. The Hall–Kier alpha value is -2.58. The Morgan fingerprint density at radius 2 is 2.00 bits per heavy atom. The van der Waals surface area contributed by atoms with E-state index >= 15 is 0 Å². The number of nitriles is 1. The number of morpholine rings is 1. The first-order chi connectivity index (χ1) is 11.3. The molecule has 0 unspecified atom stereocenters. The number of allylic oxidation sites excluding steroid dienone is 2. The summed E-state index contributed by atoms with van der Waals surface area (Å²) in [4.78, 5) is 13.9. The van der Waals surface area contributed by atoms with Gasteiger partial charge in [0.25, 0.3) is 0 Å². The van der Waals surface area contributed by atoms with Crippen molar-refractivity contribution in [3.63, 3.8) is 0 Å². The molecule has 0 aromatic heterocycles. The fraction of sp³-hybridized carbons (Fsp3) is 0.333. The van der Waals surface area contributed by atoms with Crippen molar-refractivity contribution >= 4 is 11.7 Å². The van der Waals surface area contributed by atoms with Gasteiger partial charge in [-0.1, -0.05) is 30.3 Å². The highest BCUT2D eigenvalue weighted by atomic mass is 16.5. The lowest BCUT2D eigenvalue weighted by Crippen LogP contribution is -2.34. The third kappa shape index (κ3) is 4.70. The lowest BCUT2D eigenvalue weighted by molar-refractivity contribution is -0.138. The molecule has 5 nitrogen and oxygen atoms in total. The first kappa shape index (κ1) is 16.8. The molecule has 120 valence electrons. The first-order valence-electron chi connectivity index (χ1n) is 7.63.